The number of carbonyl (C=O) groups is 5. The van der Waals surface area contributed by atoms with Crippen LogP contribution in [0, 0.1) is 0 Å². The van der Waals surface area contributed by atoms with Gasteiger partial charge in [-0.3, -0.25) is 4.79 Å². The van der Waals surface area contributed by atoms with Crippen molar-refractivity contribution in [3.8, 4) is 0 Å². The second kappa shape index (κ2) is 14.0. The minimum Gasteiger partial charge on any atom is -0.459 e. The van der Waals surface area contributed by atoms with E-state index in [-0.39, 0.29) is 22.3 Å². The lowest BCUT2D eigenvalue weighted by atomic mass is 9.99. The Bertz CT molecular complexity index is 1610. The van der Waals surface area contributed by atoms with E-state index in [0.29, 0.717) is 0 Å². The Hall–Kier alpha value is -5.61. The zero-order valence-corrected chi connectivity index (χ0v) is 23.1. The van der Waals surface area contributed by atoms with Crippen LogP contribution in [-0.4, -0.2) is 60.9 Å². The summed E-state index contributed by atoms with van der Waals surface area (Å²) in [7, 11) is 0. The van der Waals surface area contributed by atoms with Gasteiger partial charge in [0, 0.05) is 0 Å². The molecular weight excluding hydrogens is 568 g/mol. The average Bonchev–Trinajstić information content (AvgIpc) is 3.08. The van der Waals surface area contributed by atoms with Gasteiger partial charge in [-0.2, -0.15) is 0 Å². The van der Waals surface area contributed by atoms with Crippen molar-refractivity contribution in [1.29, 1.82) is 0 Å². The summed E-state index contributed by atoms with van der Waals surface area (Å²) in [6, 6.07) is 31.7. The van der Waals surface area contributed by atoms with Crippen LogP contribution in [0.3, 0.4) is 0 Å². The molecule has 1 fully saturated rings. The third-order valence-electron chi connectivity index (χ3n) is 6.58. The molecule has 0 spiro atoms. The highest BCUT2D eigenvalue weighted by Gasteiger charge is 2.52. The molecule has 0 aromatic heterocycles. The molecule has 4 aromatic rings. The molecule has 10 nitrogen and oxygen atoms in total. The molecule has 4 atom stereocenters. The Balaban J connectivity index is 1.46. The molecule has 4 aromatic carbocycles. The van der Waals surface area contributed by atoms with Crippen molar-refractivity contribution in [2.75, 3.05) is 6.61 Å². The minimum atomic E-state index is -1.89. The normalized spacial score (nSPS) is 19.3. The topological polar surface area (TPSA) is 132 Å². The van der Waals surface area contributed by atoms with Crippen LogP contribution in [0.1, 0.15) is 41.4 Å². The molecule has 0 aliphatic carbocycles. The SMILES string of the molecule is O=C(OC[C@H]1O[C@@H](OC(=O)c2ccccc2)C(=O)[C@@H](OC(=O)c2ccccc2)[C@@H]1OC(=O)c1ccccc1)c1ccccc1. The molecule has 222 valence electrons. The maximum Gasteiger partial charge on any atom is 0.340 e. The standard InChI is InChI=1S/C34H26O10/c35-27-29(43-32(38)24-17-9-3-10-18-24)28(42-31(37)23-15-7-2-8-16-23)26(21-40-30(36)22-13-5-1-6-14-22)41-34(27)44-33(39)25-19-11-4-12-20-25/h1-20,26,28-29,34H,21H2/t26-,28-,29-,34+/m1/s1. The molecule has 1 heterocycles. The van der Waals surface area contributed by atoms with Gasteiger partial charge >= 0.3 is 23.9 Å². The number of rotatable bonds is 9. The fourth-order valence-electron chi connectivity index (χ4n) is 4.36. The summed E-state index contributed by atoms with van der Waals surface area (Å²) in [5.74, 6) is -4.37. The van der Waals surface area contributed by atoms with E-state index in [2.05, 4.69) is 0 Å². The first-order chi connectivity index (χ1) is 21.4. The van der Waals surface area contributed by atoms with E-state index >= 15 is 0 Å². The van der Waals surface area contributed by atoms with E-state index in [1.165, 1.54) is 48.5 Å². The van der Waals surface area contributed by atoms with Crippen LogP contribution >= 0.6 is 0 Å². The monoisotopic (exact) mass is 594 g/mol. The van der Waals surface area contributed by atoms with Crippen LogP contribution in [0.4, 0.5) is 0 Å². The highest BCUT2D eigenvalue weighted by Crippen LogP contribution is 2.27. The van der Waals surface area contributed by atoms with Crippen molar-refractivity contribution in [2.24, 2.45) is 0 Å². The van der Waals surface area contributed by atoms with Crippen LogP contribution in [0.15, 0.2) is 121 Å². The van der Waals surface area contributed by atoms with Crippen molar-refractivity contribution >= 4 is 29.7 Å². The lowest BCUT2D eigenvalue weighted by molar-refractivity contribution is -0.226. The summed E-state index contributed by atoms with van der Waals surface area (Å²) < 4.78 is 27.9. The summed E-state index contributed by atoms with van der Waals surface area (Å²) in [4.78, 5) is 65.6. The predicted molar refractivity (Wildman–Crippen MR) is 154 cm³/mol. The smallest absolute Gasteiger partial charge is 0.340 e. The zero-order chi connectivity index (χ0) is 30.9. The summed E-state index contributed by atoms with van der Waals surface area (Å²) >= 11 is 0. The summed E-state index contributed by atoms with van der Waals surface area (Å²) in [5.41, 5.74) is 0.623. The summed E-state index contributed by atoms with van der Waals surface area (Å²) in [5, 5.41) is 0. The molecule has 10 heteroatoms. The minimum absolute atomic E-state index is 0.116. The molecular formula is C34H26O10. The number of hydrogen-bond acceptors (Lipinski definition) is 10. The Morgan fingerprint density at radius 1 is 0.523 bits per heavy atom. The van der Waals surface area contributed by atoms with Gasteiger partial charge in [-0.15, -0.1) is 0 Å². The van der Waals surface area contributed by atoms with Crippen LogP contribution in [0.5, 0.6) is 0 Å². The molecule has 1 aliphatic rings. The van der Waals surface area contributed by atoms with Gasteiger partial charge < -0.3 is 23.7 Å². The van der Waals surface area contributed by atoms with Crippen LogP contribution < -0.4 is 0 Å². The largest absolute Gasteiger partial charge is 0.459 e. The molecule has 1 aliphatic heterocycles. The third kappa shape index (κ3) is 7.23. The van der Waals surface area contributed by atoms with Crippen LogP contribution in [0.2, 0.25) is 0 Å². The molecule has 0 amide bonds. The Morgan fingerprint density at radius 3 is 1.36 bits per heavy atom. The van der Waals surface area contributed by atoms with Crippen molar-refractivity contribution in [1.82, 2.24) is 0 Å². The molecule has 44 heavy (non-hydrogen) atoms. The lowest BCUT2D eigenvalue weighted by Crippen LogP contribution is -2.60. The molecule has 0 radical (unpaired) electrons. The average molecular weight is 595 g/mol. The van der Waals surface area contributed by atoms with Gasteiger partial charge in [0.2, 0.25) is 11.9 Å². The number of ether oxygens (including phenoxy) is 5. The first kappa shape index (κ1) is 29.9. The fourth-order valence-corrected chi connectivity index (χ4v) is 4.36. The number of carbonyl (C=O) groups excluding carboxylic acids is 5. The van der Waals surface area contributed by atoms with E-state index in [4.69, 9.17) is 23.7 Å². The van der Waals surface area contributed by atoms with Gasteiger partial charge in [0.1, 0.15) is 12.7 Å². The van der Waals surface area contributed by atoms with E-state index in [0.717, 1.165) is 0 Å². The molecule has 0 bridgehead atoms. The maximum absolute atomic E-state index is 13.7. The van der Waals surface area contributed by atoms with Gasteiger partial charge in [-0.25, -0.2) is 19.2 Å². The van der Waals surface area contributed by atoms with Gasteiger partial charge in [0.25, 0.3) is 6.29 Å². The summed E-state index contributed by atoms with van der Waals surface area (Å²) in [6.07, 6.45) is -6.66. The Labute approximate surface area is 252 Å². The second-order valence-electron chi connectivity index (χ2n) is 9.57. The first-order valence-electron chi connectivity index (χ1n) is 13.6. The lowest BCUT2D eigenvalue weighted by Gasteiger charge is -2.38. The van der Waals surface area contributed by atoms with Gasteiger partial charge in [-0.05, 0) is 48.5 Å². The highest BCUT2D eigenvalue weighted by molar-refractivity contribution is 5.97. The van der Waals surface area contributed by atoms with Gasteiger partial charge in [0.05, 0.1) is 22.3 Å². The molecule has 0 unspecified atom stereocenters. The number of ketones is 1. The summed E-state index contributed by atoms with van der Waals surface area (Å²) in [6.45, 7) is -0.549. The van der Waals surface area contributed by atoms with E-state index in [9.17, 15) is 24.0 Å². The molecule has 0 saturated carbocycles. The Morgan fingerprint density at radius 2 is 0.909 bits per heavy atom. The first-order valence-corrected chi connectivity index (χ1v) is 13.6. The maximum atomic E-state index is 13.7. The van der Waals surface area contributed by atoms with E-state index < -0.39 is 60.9 Å². The molecule has 0 N–H and O–H groups in total. The van der Waals surface area contributed by atoms with Crippen LogP contribution in [-0.2, 0) is 28.5 Å². The molecule has 1 saturated heterocycles. The number of esters is 4. The number of benzene rings is 4. The number of Topliss-reactive ketones (excluding diaryl/α,β-unsaturated/α-hetero) is 1. The predicted octanol–water partition coefficient (Wildman–Crippen LogP) is 4.45. The van der Waals surface area contributed by atoms with Gasteiger partial charge in [0.15, 0.2) is 6.10 Å². The van der Waals surface area contributed by atoms with Gasteiger partial charge in [-0.1, -0.05) is 72.8 Å². The Kier molecular flexibility index (Phi) is 9.53. The third-order valence-corrected chi connectivity index (χ3v) is 6.58. The fraction of sp³-hybridized carbons (Fsp3) is 0.147. The van der Waals surface area contributed by atoms with E-state index in [1.54, 1.807) is 72.8 Å². The highest BCUT2D eigenvalue weighted by atomic mass is 16.7. The zero-order valence-electron chi connectivity index (χ0n) is 23.1. The van der Waals surface area contributed by atoms with E-state index in [1.807, 2.05) is 0 Å². The number of hydrogen-bond donors (Lipinski definition) is 0. The molecule has 5 rings (SSSR count). The quantitative estimate of drug-likeness (QED) is 0.202. The van der Waals surface area contributed by atoms with Crippen molar-refractivity contribution in [3.05, 3.63) is 144 Å². The van der Waals surface area contributed by atoms with Crippen LogP contribution in [0.25, 0.3) is 0 Å². The van der Waals surface area contributed by atoms with Crippen molar-refractivity contribution in [2.45, 2.75) is 24.6 Å². The second-order valence-corrected chi connectivity index (χ2v) is 9.57. The van der Waals surface area contributed by atoms with Crippen molar-refractivity contribution in [3.63, 3.8) is 0 Å². The van der Waals surface area contributed by atoms with Crippen molar-refractivity contribution < 1.29 is 47.7 Å².